The fourth-order valence-corrected chi connectivity index (χ4v) is 2.13. The lowest BCUT2D eigenvalue weighted by molar-refractivity contribution is 0.415. The number of halogens is 1. The Kier molecular flexibility index (Phi) is 5.13. The van der Waals surface area contributed by atoms with Gasteiger partial charge < -0.3 is 15.0 Å². The van der Waals surface area contributed by atoms with Crippen LogP contribution in [0.1, 0.15) is 0 Å². The van der Waals surface area contributed by atoms with E-state index in [1.165, 1.54) is 0 Å². The maximum atomic E-state index is 5.86. The summed E-state index contributed by atoms with van der Waals surface area (Å²) in [5, 5.41) is 4.12. The van der Waals surface area contributed by atoms with Crippen molar-refractivity contribution in [2.45, 2.75) is 0 Å². The molecule has 0 aliphatic heterocycles. The van der Waals surface area contributed by atoms with E-state index in [2.05, 4.69) is 23.3 Å². The van der Waals surface area contributed by atoms with Crippen LogP contribution in [-0.4, -0.2) is 27.2 Å². The van der Waals surface area contributed by atoms with Gasteiger partial charge in [-0.1, -0.05) is 23.7 Å². The van der Waals surface area contributed by atoms with Crippen LogP contribution in [0.4, 0.5) is 11.4 Å². The van der Waals surface area contributed by atoms with Crippen molar-refractivity contribution >= 4 is 23.0 Å². The van der Waals surface area contributed by atoms with Crippen molar-refractivity contribution in [2.24, 2.45) is 0 Å². The maximum Gasteiger partial charge on any atom is 0.142 e. The highest BCUT2D eigenvalue weighted by atomic mass is 35.5. The van der Waals surface area contributed by atoms with E-state index in [9.17, 15) is 0 Å². The van der Waals surface area contributed by atoms with Gasteiger partial charge in [0.15, 0.2) is 0 Å². The lowest BCUT2D eigenvalue weighted by Gasteiger charge is -2.22. The molecule has 2 aromatic carbocycles. The number of rotatable bonds is 6. The average Bonchev–Trinajstić information content (AvgIpc) is 2.49. The van der Waals surface area contributed by atoms with Crippen molar-refractivity contribution in [1.29, 1.82) is 0 Å². The Balaban J connectivity index is 1.89. The first kappa shape index (κ1) is 14.5. The van der Waals surface area contributed by atoms with Crippen LogP contribution in [0.15, 0.2) is 48.5 Å². The zero-order chi connectivity index (χ0) is 14.4. The Morgan fingerprint density at radius 3 is 2.50 bits per heavy atom. The molecule has 20 heavy (non-hydrogen) atoms. The highest BCUT2D eigenvalue weighted by Gasteiger charge is 2.06. The molecule has 0 aliphatic carbocycles. The van der Waals surface area contributed by atoms with E-state index < -0.39 is 0 Å². The monoisotopic (exact) mass is 290 g/mol. The summed E-state index contributed by atoms with van der Waals surface area (Å²) in [6.07, 6.45) is 0. The summed E-state index contributed by atoms with van der Waals surface area (Å²) in [4.78, 5) is 2.17. The number of benzene rings is 2. The molecule has 0 heterocycles. The van der Waals surface area contributed by atoms with Gasteiger partial charge >= 0.3 is 0 Å². The molecular formula is C16H19ClN2O. The highest BCUT2D eigenvalue weighted by molar-refractivity contribution is 6.30. The zero-order valence-corrected chi connectivity index (χ0v) is 12.5. The van der Waals surface area contributed by atoms with Crippen LogP contribution in [0.3, 0.4) is 0 Å². The van der Waals surface area contributed by atoms with Crippen molar-refractivity contribution in [3.05, 3.63) is 53.6 Å². The second-order valence-corrected chi connectivity index (χ2v) is 4.96. The van der Waals surface area contributed by atoms with E-state index >= 15 is 0 Å². The second-order valence-electron chi connectivity index (χ2n) is 4.53. The van der Waals surface area contributed by atoms with E-state index in [-0.39, 0.29) is 0 Å². The Morgan fingerprint density at radius 1 is 1.10 bits per heavy atom. The number of ether oxygens (including phenoxy) is 1. The molecule has 2 aromatic rings. The van der Waals surface area contributed by atoms with Crippen LogP contribution in [0.25, 0.3) is 0 Å². The first-order chi connectivity index (χ1) is 9.70. The van der Waals surface area contributed by atoms with Gasteiger partial charge in [0.05, 0.1) is 12.8 Å². The standard InChI is InChI=1S/C16H19ClN2O/c1-19(15-5-3-4-6-16(15)20-2)12-11-18-14-9-7-13(17)8-10-14/h3-10,18H,11-12H2,1-2H3. The minimum atomic E-state index is 0.752. The molecule has 0 radical (unpaired) electrons. The van der Waals surface area contributed by atoms with E-state index in [1.54, 1.807) is 7.11 Å². The fourth-order valence-electron chi connectivity index (χ4n) is 2.00. The van der Waals surface area contributed by atoms with E-state index in [0.29, 0.717) is 0 Å². The molecule has 0 saturated carbocycles. The summed E-state index contributed by atoms with van der Waals surface area (Å²) < 4.78 is 5.37. The number of nitrogens with one attached hydrogen (secondary N) is 1. The Bertz CT molecular complexity index is 542. The summed E-state index contributed by atoms with van der Waals surface area (Å²) in [5.41, 5.74) is 2.16. The average molecular weight is 291 g/mol. The predicted octanol–water partition coefficient (Wildman–Crippen LogP) is 3.90. The Labute approximate surface area is 125 Å². The molecule has 0 aliphatic rings. The summed E-state index contributed by atoms with van der Waals surface area (Å²) in [5.74, 6) is 0.890. The molecule has 0 atom stereocenters. The molecule has 0 amide bonds. The first-order valence-corrected chi connectivity index (χ1v) is 6.92. The molecule has 106 valence electrons. The van der Waals surface area contributed by atoms with Crippen LogP contribution in [-0.2, 0) is 0 Å². The quantitative estimate of drug-likeness (QED) is 0.873. The predicted molar refractivity (Wildman–Crippen MR) is 86.2 cm³/mol. The smallest absolute Gasteiger partial charge is 0.142 e. The molecule has 0 fully saturated rings. The van der Waals surface area contributed by atoms with Gasteiger partial charge in [-0.15, -0.1) is 0 Å². The van der Waals surface area contributed by atoms with E-state index in [1.807, 2.05) is 42.5 Å². The van der Waals surface area contributed by atoms with Crippen molar-refractivity contribution < 1.29 is 4.74 Å². The van der Waals surface area contributed by atoms with Crippen molar-refractivity contribution in [3.63, 3.8) is 0 Å². The van der Waals surface area contributed by atoms with Crippen molar-refractivity contribution in [1.82, 2.24) is 0 Å². The molecule has 0 bridgehead atoms. The van der Waals surface area contributed by atoms with Gasteiger partial charge in [-0.3, -0.25) is 0 Å². The SMILES string of the molecule is COc1ccccc1N(C)CCNc1ccc(Cl)cc1. The lowest BCUT2D eigenvalue weighted by atomic mass is 10.2. The minimum absolute atomic E-state index is 0.752. The van der Waals surface area contributed by atoms with Crippen LogP contribution in [0, 0.1) is 0 Å². The molecule has 0 aromatic heterocycles. The topological polar surface area (TPSA) is 24.5 Å². The molecule has 4 heteroatoms. The van der Waals surface area contributed by atoms with Crippen LogP contribution in [0.5, 0.6) is 5.75 Å². The number of para-hydroxylation sites is 2. The number of hydrogen-bond acceptors (Lipinski definition) is 3. The van der Waals surface area contributed by atoms with Gasteiger partial charge in [-0.25, -0.2) is 0 Å². The van der Waals surface area contributed by atoms with Crippen LogP contribution >= 0.6 is 11.6 Å². The third kappa shape index (κ3) is 3.81. The molecule has 1 N–H and O–H groups in total. The van der Waals surface area contributed by atoms with Crippen molar-refractivity contribution in [3.8, 4) is 5.75 Å². The van der Waals surface area contributed by atoms with Crippen molar-refractivity contribution in [2.75, 3.05) is 37.5 Å². The zero-order valence-electron chi connectivity index (χ0n) is 11.8. The van der Waals surface area contributed by atoms with E-state index in [0.717, 1.165) is 35.2 Å². The largest absolute Gasteiger partial charge is 0.495 e. The Hall–Kier alpha value is -1.87. The van der Waals surface area contributed by atoms with Gasteiger partial charge in [-0.05, 0) is 36.4 Å². The molecular weight excluding hydrogens is 272 g/mol. The number of nitrogens with zero attached hydrogens (tertiary/aromatic N) is 1. The molecule has 0 unspecified atom stereocenters. The molecule has 0 spiro atoms. The summed E-state index contributed by atoms with van der Waals surface area (Å²) >= 11 is 5.86. The fraction of sp³-hybridized carbons (Fsp3) is 0.250. The third-order valence-electron chi connectivity index (χ3n) is 3.12. The van der Waals surface area contributed by atoms with Crippen LogP contribution < -0.4 is 15.0 Å². The van der Waals surface area contributed by atoms with Crippen LogP contribution in [0.2, 0.25) is 5.02 Å². The van der Waals surface area contributed by atoms with Gasteiger partial charge in [0.2, 0.25) is 0 Å². The molecule has 0 saturated heterocycles. The number of hydrogen-bond donors (Lipinski definition) is 1. The van der Waals surface area contributed by atoms with Gasteiger partial charge in [0.25, 0.3) is 0 Å². The molecule has 3 nitrogen and oxygen atoms in total. The first-order valence-electron chi connectivity index (χ1n) is 6.54. The Morgan fingerprint density at radius 2 is 1.80 bits per heavy atom. The second kappa shape index (κ2) is 7.06. The van der Waals surface area contributed by atoms with E-state index in [4.69, 9.17) is 16.3 Å². The molecule has 2 rings (SSSR count). The van der Waals surface area contributed by atoms with Gasteiger partial charge in [0, 0.05) is 30.8 Å². The summed E-state index contributed by atoms with van der Waals surface area (Å²) in [6, 6.07) is 15.7. The lowest BCUT2D eigenvalue weighted by Crippen LogP contribution is -2.25. The maximum absolute atomic E-state index is 5.86. The normalized spacial score (nSPS) is 10.2. The minimum Gasteiger partial charge on any atom is -0.495 e. The van der Waals surface area contributed by atoms with Gasteiger partial charge in [0.1, 0.15) is 5.75 Å². The highest BCUT2D eigenvalue weighted by Crippen LogP contribution is 2.26. The third-order valence-corrected chi connectivity index (χ3v) is 3.37. The summed E-state index contributed by atoms with van der Waals surface area (Å²) in [6.45, 7) is 1.72. The van der Waals surface area contributed by atoms with Gasteiger partial charge in [-0.2, -0.15) is 0 Å². The number of anilines is 2. The number of methoxy groups -OCH3 is 1. The number of likely N-dealkylation sites (N-methyl/N-ethyl adjacent to an activating group) is 1. The summed E-state index contributed by atoms with van der Waals surface area (Å²) in [7, 11) is 3.75.